The van der Waals surface area contributed by atoms with E-state index in [9.17, 15) is 0 Å². The molecular weight excluding hydrogens is 735 g/mol. The van der Waals surface area contributed by atoms with E-state index in [4.69, 9.17) is 0 Å². The fraction of sp³-hybridized carbons (Fsp3) is 0.0333. The molecule has 0 heterocycles. The molecular formula is C60H43N. The minimum atomic E-state index is -0.241. The third-order valence-electron chi connectivity index (χ3n) is 12.8. The van der Waals surface area contributed by atoms with Crippen LogP contribution in [-0.2, 0) is 5.41 Å². The molecule has 1 nitrogen and oxygen atoms in total. The molecule has 11 rings (SSSR count). The van der Waals surface area contributed by atoms with E-state index in [0.717, 1.165) is 17.1 Å². The molecule has 10 aromatic rings. The standard InChI is InChI=1S/C60H43N/c1-60(51-17-6-3-7-18-51)57-21-11-10-19-56(57)59-55(20-12-22-58(59)60)48-33-39-54(40-34-48)61(53-37-31-47(32-38-53)50-28-27-43-15-8-9-16-49(43)41-50)52-35-29-46(30-36-52)45-25-23-44(24-26-45)42-13-4-2-5-14-42/h2-41H,1H3. The van der Waals surface area contributed by atoms with E-state index in [1.54, 1.807) is 0 Å². The van der Waals surface area contributed by atoms with Gasteiger partial charge in [0.1, 0.15) is 0 Å². The fourth-order valence-electron chi connectivity index (χ4n) is 9.56. The topological polar surface area (TPSA) is 3.24 Å². The maximum atomic E-state index is 2.38. The molecule has 288 valence electrons. The SMILES string of the molecule is CC1(c2ccccc2)c2ccccc2-c2c(-c3ccc(N(c4ccc(-c5ccc(-c6ccccc6)cc5)cc4)c4ccc(-c5ccc6ccccc6c5)cc4)cc3)cccc21. The van der Waals surface area contributed by atoms with Gasteiger partial charge in [0.2, 0.25) is 0 Å². The van der Waals surface area contributed by atoms with E-state index in [0.29, 0.717) is 0 Å². The third kappa shape index (κ3) is 6.43. The second kappa shape index (κ2) is 15.1. The van der Waals surface area contributed by atoms with Crippen molar-refractivity contribution in [2.24, 2.45) is 0 Å². The van der Waals surface area contributed by atoms with E-state index in [1.807, 2.05) is 0 Å². The number of nitrogens with zero attached hydrogens (tertiary/aromatic N) is 1. The van der Waals surface area contributed by atoms with Crippen LogP contribution in [0.3, 0.4) is 0 Å². The predicted octanol–water partition coefficient (Wildman–Crippen LogP) is 16.3. The minimum Gasteiger partial charge on any atom is -0.311 e. The molecule has 0 radical (unpaired) electrons. The fourth-order valence-corrected chi connectivity index (χ4v) is 9.56. The van der Waals surface area contributed by atoms with Crippen molar-refractivity contribution >= 4 is 27.8 Å². The summed E-state index contributed by atoms with van der Waals surface area (Å²) in [6.45, 7) is 2.38. The van der Waals surface area contributed by atoms with Crippen LogP contribution >= 0.6 is 0 Å². The van der Waals surface area contributed by atoms with Crippen molar-refractivity contribution in [2.75, 3.05) is 4.90 Å². The Labute approximate surface area is 358 Å². The molecule has 0 amide bonds. The molecule has 0 spiro atoms. The van der Waals surface area contributed by atoms with Crippen LogP contribution in [0.5, 0.6) is 0 Å². The summed E-state index contributed by atoms with van der Waals surface area (Å²) >= 11 is 0. The molecule has 1 unspecified atom stereocenters. The lowest BCUT2D eigenvalue weighted by Crippen LogP contribution is -2.22. The lowest BCUT2D eigenvalue weighted by Gasteiger charge is -2.28. The second-order valence-corrected chi connectivity index (χ2v) is 16.2. The molecule has 0 N–H and O–H groups in total. The van der Waals surface area contributed by atoms with Crippen molar-refractivity contribution in [1.29, 1.82) is 0 Å². The number of benzene rings is 10. The van der Waals surface area contributed by atoms with Crippen LogP contribution < -0.4 is 4.90 Å². The first-order chi connectivity index (χ1) is 30.1. The van der Waals surface area contributed by atoms with Crippen LogP contribution in [0.2, 0.25) is 0 Å². The Morgan fingerprint density at radius 1 is 0.295 bits per heavy atom. The number of anilines is 3. The molecule has 1 atom stereocenters. The lowest BCUT2D eigenvalue weighted by molar-refractivity contribution is 0.714. The van der Waals surface area contributed by atoms with Gasteiger partial charge >= 0.3 is 0 Å². The molecule has 0 bridgehead atoms. The van der Waals surface area contributed by atoms with Crippen LogP contribution in [0.4, 0.5) is 17.1 Å². The smallest absolute Gasteiger partial charge is 0.0462 e. The monoisotopic (exact) mass is 777 g/mol. The second-order valence-electron chi connectivity index (χ2n) is 16.2. The van der Waals surface area contributed by atoms with Gasteiger partial charge in [-0.1, -0.05) is 200 Å². The van der Waals surface area contributed by atoms with Gasteiger partial charge in [-0.25, -0.2) is 0 Å². The molecule has 0 saturated carbocycles. The molecule has 1 heteroatoms. The van der Waals surface area contributed by atoms with E-state index in [1.165, 1.54) is 83.1 Å². The van der Waals surface area contributed by atoms with Gasteiger partial charge in [-0.2, -0.15) is 0 Å². The average molecular weight is 778 g/mol. The summed E-state index contributed by atoms with van der Waals surface area (Å²) in [5.41, 5.74) is 19.4. The van der Waals surface area contributed by atoms with Crippen LogP contribution in [0.15, 0.2) is 243 Å². The summed E-state index contributed by atoms with van der Waals surface area (Å²) in [7, 11) is 0. The van der Waals surface area contributed by atoms with Gasteiger partial charge in [-0.15, -0.1) is 0 Å². The van der Waals surface area contributed by atoms with Crippen molar-refractivity contribution in [1.82, 2.24) is 0 Å². The molecule has 0 aliphatic heterocycles. The average Bonchev–Trinajstić information content (AvgIpc) is 3.61. The highest BCUT2D eigenvalue weighted by atomic mass is 15.1. The lowest BCUT2D eigenvalue weighted by atomic mass is 9.74. The maximum Gasteiger partial charge on any atom is 0.0462 e. The molecule has 61 heavy (non-hydrogen) atoms. The summed E-state index contributed by atoms with van der Waals surface area (Å²) in [5.74, 6) is 0. The zero-order valence-corrected chi connectivity index (χ0v) is 34.0. The number of rotatable bonds is 8. The molecule has 10 aromatic carbocycles. The summed E-state index contributed by atoms with van der Waals surface area (Å²) in [4.78, 5) is 2.37. The first kappa shape index (κ1) is 36.3. The molecule has 1 aliphatic rings. The highest BCUT2D eigenvalue weighted by Gasteiger charge is 2.41. The normalized spacial score (nSPS) is 14.0. The van der Waals surface area contributed by atoms with Crippen LogP contribution in [-0.4, -0.2) is 0 Å². The Morgan fingerprint density at radius 2 is 0.721 bits per heavy atom. The van der Waals surface area contributed by atoms with Gasteiger partial charge in [-0.3, -0.25) is 0 Å². The van der Waals surface area contributed by atoms with Gasteiger partial charge in [0.25, 0.3) is 0 Å². The Hall–Kier alpha value is -7.74. The van der Waals surface area contributed by atoms with E-state index < -0.39 is 0 Å². The van der Waals surface area contributed by atoms with E-state index in [2.05, 4.69) is 254 Å². The third-order valence-corrected chi connectivity index (χ3v) is 12.8. The summed E-state index contributed by atoms with van der Waals surface area (Å²) in [6.07, 6.45) is 0. The van der Waals surface area contributed by atoms with Crippen molar-refractivity contribution in [2.45, 2.75) is 12.3 Å². The van der Waals surface area contributed by atoms with Gasteiger partial charge in [0, 0.05) is 22.5 Å². The van der Waals surface area contributed by atoms with Crippen LogP contribution in [0.1, 0.15) is 23.6 Å². The van der Waals surface area contributed by atoms with Gasteiger partial charge in [0.05, 0.1) is 0 Å². The Kier molecular flexibility index (Phi) is 9.02. The first-order valence-electron chi connectivity index (χ1n) is 21.2. The van der Waals surface area contributed by atoms with Crippen molar-refractivity contribution in [3.8, 4) is 55.6 Å². The van der Waals surface area contributed by atoms with Gasteiger partial charge < -0.3 is 4.90 Å². The van der Waals surface area contributed by atoms with Crippen molar-refractivity contribution in [3.63, 3.8) is 0 Å². The quantitative estimate of drug-likeness (QED) is 0.149. The Morgan fingerprint density at radius 3 is 1.34 bits per heavy atom. The first-order valence-corrected chi connectivity index (χ1v) is 21.2. The van der Waals surface area contributed by atoms with E-state index in [-0.39, 0.29) is 5.41 Å². The largest absolute Gasteiger partial charge is 0.311 e. The molecule has 0 saturated heterocycles. The summed E-state index contributed by atoms with van der Waals surface area (Å²) < 4.78 is 0. The minimum absolute atomic E-state index is 0.241. The Balaban J connectivity index is 0.970. The summed E-state index contributed by atoms with van der Waals surface area (Å²) in [6, 6.07) is 88.6. The van der Waals surface area contributed by atoms with Gasteiger partial charge in [-0.05, 0) is 132 Å². The highest BCUT2D eigenvalue weighted by Crippen LogP contribution is 2.55. The zero-order valence-electron chi connectivity index (χ0n) is 34.0. The molecule has 0 fully saturated rings. The molecule has 1 aliphatic carbocycles. The number of hydrogen-bond acceptors (Lipinski definition) is 1. The number of fused-ring (bicyclic) bond motifs is 4. The van der Waals surface area contributed by atoms with Crippen molar-refractivity contribution < 1.29 is 0 Å². The highest BCUT2D eigenvalue weighted by molar-refractivity contribution is 5.94. The van der Waals surface area contributed by atoms with E-state index >= 15 is 0 Å². The maximum absolute atomic E-state index is 2.38. The molecule has 0 aromatic heterocycles. The Bertz CT molecular complexity index is 3150. The van der Waals surface area contributed by atoms with Gasteiger partial charge in [0.15, 0.2) is 0 Å². The van der Waals surface area contributed by atoms with Crippen LogP contribution in [0, 0.1) is 0 Å². The summed E-state index contributed by atoms with van der Waals surface area (Å²) in [5, 5.41) is 2.50. The van der Waals surface area contributed by atoms with Crippen molar-refractivity contribution in [3.05, 3.63) is 259 Å². The van der Waals surface area contributed by atoms with Crippen LogP contribution in [0.25, 0.3) is 66.4 Å². The zero-order chi connectivity index (χ0) is 40.8. The number of hydrogen-bond donors (Lipinski definition) is 0. The predicted molar refractivity (Wildman–Crippen MR) is 258 cm³/mol.